The summed E-state index contributed by atoms with van der Waals surface area (Å²) in [5, 5.41) is 13.3. The Kier molecular flexibility index (Phi) is 5.06. The lowest BCUT2D eigenvalue weighted by Gasteiger charge is -2.10. The van der Waals surface area contributed by atoms with Crippen molar-refractivity contribution in [3.63, 3.8) is 0 Å². The van der Waals surface area contributed by atoms with Crippen LogP contribution in [-0.4, -0.2) is 30.6 Å². The van der Waals surface area contributed by atoms with Gasteiger partial charge < -0.3 is 10.1 Å². The molecule has 0 heterocycles. The predicted octanol–water partition coefficient (Wildman–Crippen LogP) is 2.01. The molecule has 0 saturated heterocycles. The van der Waals surface area contributed by atoms with Gasteiger partial charge in [0.05, 0.1) is 11.0 Å². The van der Waals surface area contributed by atoms with Gasteiger partial charge in [-0.05, 0) is 19.1 Å². The normalized spacial score (nSPS) is 11.9. The van der Waals surface area contributed by atoms with Gasteiger partial charge in [-0.15, -0.1) is 0 Å². The molecule has 0 aromatic heterocycles. The van der Waals surface area contributed by atoms with Crippen molar-refractivity contribution < 1.29 is 14.5 Å². The van der Waals surface area contributed by atoms with Gasteiger partial charge in [-0.1, -0.05) is 11.6 Å². The molecule has 0 radical (unpaired) electrons. The van der Waals surface area contributed by atoms with Gasteiger partial charge in [-0.3, -0.25) is 14.9 Å². The summed E-state index contributed by atoms with van der Waals surface area (Å²) in [6, 6.07) is 3.91. The van der Waals surface area contributed by atoms with Crippen LogP contribution in [0.3, 0.4) is 0 Å². The van der Waals surface area contributed by atoms with Crippen LogP contribution < -0.4 is 5.32 Å². The third-order valence-electron chi connectivity index (χ3n) is 2.36. The highest BCUT2D eigenvalue weighted by Gasteiger charge is 2.16. The number of nitrogens with one attached hydrogen (secondary N) is 1. The lowest BCUT2D eigenvalue weighted by molar-refractivity contribution is -0.384. The van der Waals surface area contributed by atoms with E-state index < -0.39 is 10.8 Å². The number of hydrogen-bond donors (Lipinski definition) is 1. The van der Waals surface area contributed by atoms with Crippen LogP contribution in [0.2, 0.25) is 5.02 Å². The molecule has 1 aromatic carbocycles. The summed E-state index contributed by atoms with van der Waals surface area (Å²) in [5.74, 6) is -0.404. The molecule has 0 aliphatic carbocycles. The molecule has 0 bridgehead atoms. The van der Waals surface area contributed by atoms with Crippen molar-refractivity contribution in [1.82, 2.24) is 5.32 Å². The molecule has 1 atom stereocenters. The van der Waals surface area contributed by atoms with Gasteiger partial charge in [-0.2, -0.15) is 0 Å². The van der Waals surface area contributed by atoms with Gasteiger partial charge >= 0.3 is 0 Å². The molecule has 0 aliphatic rings. The summed E-state index contributed by atoms with van der Waals surface area (Å²) in [4.78, 5) is 21.8. The highest BCUT2D eigenvalue weighted by molar-refractivity contribution is 6.32. The number of nitro benzene ring substituents is 1. The Labute approximate surface area is 109 Å². The maximum absolute atomic E-state index is 11.7. The summed E-state index contributed by atoms with van der Waals surface area (Å²) in [6.07, 6.45) is -0.128. The number of nitrogens with zero attached hydrogens (tertiary/aromatic N) is 1. The molecule has 7 heteroatoms. The Morgan fingerprint density at radius 1 is 1.61 bits per heavy atom. The van der Waals surface area contributed by atoms with Gasteiger partial charge in [0, 0.05) is 25.3 Å². The molecule has 6 nitrogen and oxygen atoms in total. The van der Waals surface area contributed by atoms with Crippen LogP contribution in [0.1, 0.15) is 17.3 Å². The smallest absolute Gasteiger partial charge is 0.288 e. The zero-order chi connectivity index (χ0) is 13.7. The largest absolute Gasteiger partial charge is 0.380 e. The summed E-state index contributed by atoms with van der Waals surface area (Å²) in [5.41, 5.74) is -0.0986. The highest BCUT2D eigenvalue weighted by atomic mass is 35.5. The second-order valence-electron chi connectivity index (χ2n) is 3.68. The first-order valence-corrected chi connectivity index (χ1v) is 5.58. The van der Waals surface area contributed by atoms with E-state index in [-0.39, 0.29) is 22.4 Å². The zero-order valence-electron chi connectivity index (χ0n) is 9.97. The quantitative estimate of drug-likeness (QED) is 0.657. The number of nitro groups is 1. The van der Waals surface area contributed by atoms with Gasteiger partial charge in [0.1, 0.15) is 5.02 Å². The van der Waals surface area contributed by atoms with E-state index >= 15 is 0 Å². The molecule has 1 rings (SSSR count). The molecular weight excluding hydrogens is 260 g/mol. The second kappa shape index (κ2) is 6.32. The average molecular weight is 273 g/mol. The molecule has 0 spiro atoms. The van der Waals surface area contributed by atoms with Crippen molar-refractivity contribution in [3.8, 4) is 0 Å². The third kappa shape index (κ3) is 3.68. The fraction of sp³-hybridized carbons (Fsp3) is 0.364. The van der Waals surface area contributed by atoms with Crippen LogP contribution in [-0.2, 0) is 4.74 Å². The maximum Gasteiger partial charge on any atom is 0.288 e. The van der Waals surface area contributed by atoms with Gasteiger partial charge in [0.25, 0.3) is 11.6 Å². The third-order valence-corrected chi connectivity index (χ3v) is 2.68. The number of benzene rings is 1. The minimum atomic E-state index is -0.628. The van der Waals surface area contributed by atoms with E-state index in [1.807, 2.05) is 0 Å². The van der Waals surface area contributed by atoms with Gasteiger partial charge in [0.2, 0.25) is 0 Å². The van der Waals surface area contributed by atoms with Crippen molar-refractivity contribution in [2.75, 3.05) is 13.7 Å². The molecule has 0 aliphatic heterocycles. The molecule has 18 heavy (non-hydrogen) atoms. The van der Waals surface area contributed by atoms with E-state index in [2.05, 4.69) is 5.32 Å². The Bertz CT molecular complexity index is 464. The van der Waals surface area contributed by atoms with E-state index in [1.165, 1.54) is 19.2 Å². The van der Waals surface area contributed by atoms with Crippen LogP contribution >= 0.6 is 11.6 Å². The predicted molar refractivity (Wildman–Crippen MR) is 66.9 cm³/mol. The Hall–Kier alpha value is -1.66. The van der Waals surface area contributed by atoms with Crippen LogP contribution in [0, 0.1) is 10.1 Å². The van der Waals surface area contributed by atoms with Crippen molar-refractivity contribution >= 4 is 23.2 Å². The fourth-order valence-electron chi connectivity index (χ4n) is 1.22. The summed E-state index contributed by atoms with van der Waals surface area (Å²) in [7, 11) is 1.53. The van der Waals surface area contributed by atoms with E-state index in [0.717, 1.165) is 6.07 Å². The molecule has 0 fully saturated rings. The summed E-state index contributed by atoms with van der Waals surface area (Å²) in [6.45, 7) is 2.12. The first-order valence-electron chi connectivity index (χ1n) is 5.20. The molecule has 0 saturated carbocycles. The molecule has 1 aromatic rings. The number of methoxy groups -OCH3 is 1. The molecule has 98 valence electrons. The first-order chi connectivity index (χ1) is 8.45. The highest BCUT2D eigenvalue weighted by Crippen LogP contribution is 2.24. The maximum atomic E-state index is 11.7. The van der Waals surface area contributed by atoms with E-state index in [1.54, 1.807) is 6.92 Å². The first kappa shape index (κ1) is 14.4. The van der Waals surface area contributed by atoms with Gasteiger partial charge in [-0.25, -0.2) is 0 Å². The van der Waals surface area contributed by atoms with Crippen LogP contribution in [0.4, 0.5) is 5.69 Å². The lowest BCUT2D eigenvalue weighted by Crippen LogP contribution is -2.31. The van der Waals surface area contributed by atoms with Crippen molar-refractivity contribution in [2.24, 2.45) is 0 Å². The minimum Gasteiger partial charge on any atom is -0.380 e. The van der Waals surface area contributed by atoms with Crippen LogP contribution in [0.5, 0.6) is 0 Å². The lowest BCUT2D eigenvalue weighted by atomic mass is 10.2. The number of rotatable bonds is 5. The molecule has 1 unspecified atom stereocenters. The Balaban J connectivity index is 2.80. The molecule has 1 N–H and O–H groups in total. The minimum absolute atomic E-state index is 0.00168. The topological polar surface area (TPSA) is 81.5 Å². The number of hydrogen-bond acceptors (Lipinski definition) is 4. The van der Waals surface area contributed by atoms with E-state index in [0.29, 0.717) is 6.54 Å². The van der Waals surface area contributed by atoms with Crippen molar-refractivity contribution in [2.45, 2.75) is 13.0 Å². The zero-order valence-corrected chi connectivity index (χ0v) is 10.7. The van der Waals surface area contributed by atoms with Crippen LogP contribution in [0.15, 0.2) is 18.2 Å². The van der Waals surface area contributed by atoms with Crippen molar-refractivity contribution in [1.29, 1.82) is 0 Å². The second-order valence-corrected chi connectivity index (χ2v) is 4.09. The number of ether oxygens (including phenoxy) is 1. The average Bonchev–Trinajstić information content (AvgIpc) is 2.35. The number of halogens is 1. The Morgan fingerprint density at radius 2 is 2.28 bits per heavy atom. The number of carbonyl (C=O) groups is 1. The fourth-order valence-corrected chi connectivity index (χ4v) is 1.40. The standard InChI is InChI=1S/C11H13ClN2O4/c1-7(18-2)6-13-11(15)8-3-4-9(12)10(5-8)14(16)17/h3-5,7H,6H2,1-2H3,(H,13,15). The summed E-state index contributed by atoms with van der Waals surface area (Å²) < 4.78 is 4.97. The van der Waals surface area contributed by atoms with E-state index in [9.17, 15) is 14.9 Å². The number of carbonyl (C=O) groups excluding carboxylic acids is 1. The monoisotopic (exact) mass is 272 g/mol. The molecule has 1 amide bonds. The molecular formula is C11H13ClN2O4. The SMILES string of the molecule is COC(C)CNC(=O)c1ccc(Cl)c([N+](=O)[O-])c1. The Morgan fingerprint density at radius 3 is 2.83 bits per heavy atom. The summed E-state index contributed by atoms with van der Waals surface area (Å²) >= 11 is 5.65. The number of amides is 1. The van der Waals surface area contributed by atoms with Crippen molar-refractivity contribution in [3.05, 3.63) is 38.9 Å². The van der Waals surface area contributed by atoms with Gasteiger partial charge in [0.15, 0.2) is 0 Å². The van der Waals surface area contributed by atoms with Crippen LogP contribution in [0.25, 0.3) is 0 Å². The van der Waals surface area contributed by atoms with E-state index in [4.69, 9.17) is 16.3 Å².